The van der Waals surface area contributed by atoms with Crippen LogP contribution in [0.4, 0.5) is 0 Å². The Balaban J connectivity index is 1.56. The number of halogens is 1. The Hall–Kier alpha value is -2.21. The first-order valence-electron chi connectivity index (χ1n) is 13.9. The van der Waals surface area contributed by atoms with Gasteiger partial charge in [-0.1, -0.05) is 43.6 Å². The van der Waals surface area contributed by atoms with E-state index in [1.165, 1.54) is 23.3 Å². The molecular formula is C31H38INO6S. The Morgan fingerprint density at radius 3 is 2.65 bits per heavy atom. The number of hydrogen-bond acceptors (Lipinski definition) is 7. The van der Waals surface area contributed by atoms with Crippen molar-refractivity contribution in [3.05, 3.63) is 60.4 Å². The Morgan fingerprint density at radius 2 is 2.02 bits per heavy atom. The van der Waals surface area contributed by atoms with Crippen LogP contribution in [0.2, 0.25) is 0 Å². The number of imide groups is 1. The van der Waals surface area contributed by atoms with Crippen molar-refractivity contribution in [3.8, 4) is 11.5 Å². The van der Waals surface area contributed by atoms with Crippen molar-refractivity contribution in [2.45, 2.75) is 65.0 Å². The second-order valence-corrected chi connectivity index (χ2v) is 12.7. The fourth-order valence-electron chi connectivity index (χ4n) is 6.21. The van der Waals surface area contributed by atoms with Crippen LogP contribution in [0.5, 0.6) is 11.5 Å². The van der Waals surface area contributed by atoms with Gasteiger partial charge < -0.3 is 20.1 Å². The van der Waals surface area contributed by atoms with Crippen LogP contribution in [0, 0.1) is 21.3 Å². The van der Waals surface area contributed by atoms with E-state index in [1.807, 2.05) is 30.5 Å². The number of aromatic hydroxyl groups is 1. The molecule has 1 aliphatic heterocycles. The topological polar surface area (TPSA) is 107 Å². The van der Waals surface area contributed by atoms with Crippen molar-refractivity contribution < 1.29 is 29.6 Å². The summed E-state index contributed by atoms with van der Waals surface area (Å²) in [6.07, 6.45) is 5.24. The predicted octanol–water partition coefficient (Wildman–Crippen LogP) is 5.91. The molecule has 1 aromatic heterocycles. The molecule has 40 heavy (non-hydrogen) atoms. The number of thiophene rings is 1. The Morgan fingerprint density at radius 1 is 1.25 bits per heavy atom. The van der Waals surface area contributed by atoms with E-state index in [2.05, 4.69) is 35.6 Å². The lowest BCUT2D eigenvalue weighted by atomic mass is 9.67. The summed E-state index contributed by atoms with van der Waals surface area (Å²) < 4.78 is 6.01. The summed E-state index contributed by atoms with van der Waals surface area (Å²) in [5, 5.41) is 34.1. The lowest BCUT2D eigenvalue weighted by Gasteiger charge is -2.36. The van der Waals surface area contributed by atoms with E-state index in [4.69, 9.17) is 4.74 Å². The largest absolute Gasteiger partial charge is 0.504 e. The van der Waals surface area contributed by atoms with Crippen molar-refractivity contribution in [2.75, 3.05) is 13.7 Å². The molecule has 216 valence electrons. The van der Waals surface area contributed by atoms with E-state index < -0.39 is 23.9 Å². The molecule has 2 aliphatic rings. The fraction of sp³-hybridized carbons (Fsp3) is 0.484. The van der Waals surface area contributed by atoms with E-state index >= 15 is 0 Å². The molecule has 2 amide bonds. The molecule has 1 aliphatic carbocycles. The minimum Gasteiger partial charge on any atom is -0.504 e. The molecule has 0 spiro atoms. The molecule has 0 saturated carbocycles. The lowest BCUT2D eigenvalue weighted by molar-refractivity contribution is -0.140. The number of carbonyl (C=O) groups is 2. The number of amides is 2. The fourth-order valence-corrected chi connectivity index (χ4v) is 7.53. The molecule has 4 rings (SSSR count). The van der Waals surface area contributed by atoms with Gasteiger partial charge in [0.1, 0.15) is 0 Å². The van der Waals surface area contributed by atoms with Crippen LogP contribution in [0.25, 0.3) is 6.08 Å². The molecule has 0 unspecified atom stereocenters. The molecule has 2 heterocycles. The summed E-state index contributed by atoms with van der Waals surface area (Å²) in [5.74, 6) is -1.59. The van der Waals surface area contributed by atoms with Gasteiger partial charge in [-0.3, -0.25) is 14.5 Å². The van der Waals surface area contributed by atoms with Gasteiger partial charge in [0.25, 0.3) is 0 Å². The first kappa shape index (κ1) is 30.7. The zero-order valence-corrected chi connectivity index (χ0v) is 26.2. The normalized spacial score (nSPS) is 22.2. The number of hydrogen-bond donors (Lipinski definition) is 3. The number of rotatable bonds is 12. The van der Waals surface area contributed by atoms with E-state index in [0.717, 1.165) is 40.0 Å². The molecule has 4 atom stereocenters. The molecule has 1 saturated heterocycles. The summed E-state index contributed by atoms with van der Waals surface area (Å²) in [5.41, 5.74) is 3.79. The van der Waals surface area contributed by atoms with E-state index in [1.54, 1.807) is 6.07 Å². The zero-order valence-electron chi connectivity index (χ0n) is 23.2. The van der Waals surface area contributed by atoms with Gasteiger partial charge in [0.2, 0.25) is 11.8 Å². The third-order valence-electron chi connectivity index (χ3n) is 8.10. The highest BCUT2D eigenvalue weighted by Gasteiger charge is 2.54. The average molecular weight is 680 g/mol. The number of fused-ring (bicyclic) bond motifs is 1. The van der Waals surface area contributed by atoms with Crippen molar-refractivity contribution in [2.24, 2.45) is 17.8 Å². The number of ether oxygens (including phenoxy) is 1. The van der Waals surface area contributed by atoms with E-state index in [0.29, 0.717) is 35.0 Å². The van der Waals surface area contributed by atoms with Crippen LogP contribution < -0.4 is 4.74 Å². The number of nitrogens with zero attached hydrogens (tertiary/aromatic N) is 1. The monoisotopic (exact) mass is 679 g/mol. The molecule has 7 nitrogen and oxygen atoms in total. The third-order valence-corrected chi connectivity index (χ3v) is 9.79. The molecular weight excluding hydrogens is 641 g/mol. The first-order chi connectivity index (χ1) is 19.2. The minimum absolute atomic E-state index is 0.117. The number of carbonyl (C=O) groups excluding carboxylic acids is 2. The SMILES string of the molecule is CCC/C(=C\c1cc(I)c(O)c(OC)c1)CC[C@@H](O)C1=C(CC)C[C@H]2C(=O)N(Cc3cccs3)C(=O)[C@H]2[C@H]1CO. The van der Waals surface area contributed by atoms with Gasteiger partial charge in [-0.2, -0.15) is 0 Å². The van der Waals surface area contributed by atoms with Crippen LogP contribution in [-0.4, -0.2) is 51.9 Å². The minimum atomic E-state index is -0.822. The Bertz CT molecular complexity index is 1290. The first-order valence-corrected chi connectivity index (χ1v) is 15.8. The van der Waals surface area contributed by atoms with Crippen molar-refractivity contribution in [1.82, 2.24) is 4.90 Å². The summed E-state index contributed by atoms with van der Waals surface area (Å²) in [7, 11) is 1.53. The van der Waals surface area contributed by atoms with Gasteiger partial charge in [-0.15, -0.1) is 11.3 Å². The van der Waals surface area contributed by atoms with Gasteiger partial charge in [0, 0.05) is 10.8 Å². The highest BCUT2D eigenvalue weighted by atomic mass is 127. The number of methoxy groups -OCH3 is 1. The summed E-state index contributed by atoms with van der Waals surface area (Å²) in [4.78, 5) is 29.2. The average Bonchev–Trinajstić information content (AvgIpc) is 3.55. The van der Waals surface area contributed by atoms with Crippen molar-refractivity contribution in [1.29, 1.82) is 0 Å². The highest BCUT2D eigenvalue weighted by molar-refractivity contribution is 14.1. The maximum Gasteiger partial charge on any atom is 0.234 e. The Labute approximate surface area is 253 Å². The smallest absolute Gasteiger partial charge is 0.234 e. The molecule has 1 fully saturated rings. The number of benzene rings is 1. The van der Waals surface area contributed by atoms with Crippen LogP contribution >= 0.6 is 33.9 Å². The van der Waals surface area contributed by atoms with Crippen LogP contribution in [0.15, 0.2) is 46.4 Å². The lowest BCUT2D eigenvalue weighted by Crippen LogP contribution is -2.39. The third kappa shape index (κ3) is 6.32. The molecule has 9 heteroatoms. The summed E-state index contributed by atoms with van der Waals surface area (Å²) in [6.45, 7) is 4.08. The van der Waals surface area contributed by atoms with Crippen molar-refractivity contribution in [3.63, 3.8) is 0 Å². The maximum absolute atomic E-state index is 13.5. The summed E-state index contributed by atoms with van der Waals surface area (Å²) in [6, 6.07) is 7.52. The zero-order chi connectivity index (χ0) is 29.0. The molecule has 0 radical (unpaired) electrons. The Kier molecular flexibility index (Phi) is 10.5. The van der Waals surface area contributed by atoms with Gasteiger partial charge in [-0.25, -0.2) is 0 Å². The van der Waals surface area contributed by atoms with Crippen LogP contribution in [0.3, 0.4) is 0 Å². The molecule has 0 bridgehead atoms. The van der Waals surface area contributed by atoms with E-state index in [-0.39, 0.29) is 30.7 Å². The van der Waals surface area contributed by atoms with Gasteiger partial charge in [-0.05, 0) is 89.4 Å². The van der Waals surface area contributed by atoms with Crippen LogP contribution in [0.1, 0.15) is 62.8 Å². The van der Waals surface area contributed by atoms with Crippen LogP contribution in [-0.2, 0) is 16.1 Å². The quantitative estimate of drug-likeness (QED) is 0.146. The maximum atomic E-state index is 13.5. The van der Waals surface area contributed by atoms with Crippen molar-refractivity contribution >= 4 is 51.8 Å². The standard InChI is InChI=1S/C31H38INO6S/c1-4-7-18(12-19-13-24(32)29(36)26(14-19)39-3)9-10-25(35)27-20(5-2)15-22-28(23(27)17-34)31(38)33(30(22)37)16-21-8-6-11-40-21/h6,8,11-14,22-23,25,28,34-36H,4-5,7,9-10,15-17H2,1-3H3/b18-12+/t22-,23+,25-,28-/m1/s1. The second-order valence-electron chi connectivity index (χ2n) is 10.5. The summed E-state index contributed by atoms with van der Waals surface area (Å²) >= 11 is 3.59. The highest BCUT2D eigenvalue weighted by Crippen LogP contribution is 2.47. The predicted molar refractivity (Wildman–Crippen MR) is 165 cm³/mol. The number of allylic oxidation sites excluding steroid dienone is 2. The molecule has 1 aromatic carbocycles. The number of phenolic OH excluding ortho intramolecular Hbond substituents is 1. The second kappa shape index (κ2) is 13.6. The molecule has 3 N–H and O–H groups in total. The van der Waals surface area contributed by atoms with Gasteiger partial charge >= 0.3 is 0 Å². The van der Waals surface area contributed by atoms with E-state index in [9.17, 15) is 24.9 Å². The number of likely N-dealkylation sites (tertiary alicyclic amines) is 1. The molecule has 2 aromatic rings. The number of aliphatic hydroxyl groups excluding tert-OH is 2. The van der Waals surface area contributed by atoms with Gasteiger partial charge in [0.05, 0.1) is 41.8 Å². The number of aliphatic hydroxyl groups is 2. The number of phenols is 1. The van der Waals surface area contributed by atoms with Gasteiger partial charge in [0.15, 0.2) is 11.5 Å².